The number of hydrogen-bond donors (Lipinski definition) is 0. The Hall–Kier alpha value is -3.78. The predicted molar refractivity (Wildman–Crippen MR) is 272 cm³/mol. The summed E-state index contributed by atoms with van der Waals surface area (Å²) in [5.74, 6) is 1.08. The second-order valence-corrected chi connectivity index (χ2v) is 21.8. The van der Waals surface area contributed by atoms with Crippen molar-refractivity contribution >= 4 is 58.5 Å². The Kier molecular flexibility index (Phi) is 17.9. The van der Waals surface area contributed by atoms with Gasteiger partial charge in [-0.3, -0.25) is 0 Å². The van der Waals surface area contributed by atoms with Gasteiger partial charge in [0.25, 0.3) is 0 Å². The van der Waals surface area contributed by atoms with E-state index >= 15 is 0 Å². The molecule has 62 heavy (non-hydrogen) atoms. The molecule has 0 bridgehead atoms. The van der Waals surface area contributed by atoms with Gasteiger partial charge in [0.05, 0.1) is 9.52 Å². The molecule has 0 nitrogen and oxygen atoms in total. The molecule has 8 aromatic rings. The number of rotatable bonds is 10. The molecular formula is C58H61Cl2SiZr-3. The van der Waals surface area contributed by atoms with Crippen molar-refractivity contribution < 1.29 is 20.8 Å². The van der Waals surface area contributed by atoms with Gasteiger partial charge in [-0.1, -0.05) is 174 Å². The van der Waals surface area contributed by atoms with E-state index in [9.17, 15) is 0 Å². The molecule has 318 valence electrons. The van der Waals surface area contributed by atoms with Crippen LogP contribution >= 0.6 is 17.0 Å². The maximum absolute atomic E-state index is 4.93. The van der Waals surface area contributed by atoms with Gasteiger partial charge in [-0.2, -0.15) is 41.6 Å². The van der Waals surface area contributed by atoms with Gasteiger partial charge in [0, 0.05) is 0 Å². The molecule has 0 fully saturated rings. The van der Waals surface area contributed by atoms with Gasteiger partial charge >= 0.3 is 37.9 Å². The van der Waals surface area contributed by atoms with E-state index in [0.29, 0.717) is 11.8 Å². The number of halogens is 2. The molecule has 0 saturated heterocycles. The monoisotopic (exact) mass is 945 g/mol. The zero-order valence-electron chi connectivity index (χ0n) is 37.9. The van der Waals surface area contributed by atoms with Gasteiger partial charge in [0.15, 0.2) is 0 Å². The third-order valence-corrected chi connectivity index (χ3v) is 13.3. The van der Waals surface area contributed by atoms with E-state index in [-0.39, 0.29) is 0 Å². The standard InChI is InChI=1S/2C23H27.C12H7Si.2ClH.Zr/c2*1-5-9-17-14-19-13-12-18(6-2)23(22(19)15-17)21-11-8-7-10-20(21)16(3)4;1-3-7-11-9(5-1)10-6-2-4-8-12(10)13-11;;;/h2*7-8,10-16H,5-6,9H2,1-4H3;1-7H;2*1H;/q3*-1;;;+2/p-2. The smallest absolute Gasteiger partial charge is 0.0920 e. The second kappa shape index (κ2) is 23.2. The van der Waals surface area contributed by atoms with Crippen LogP contribution in [0, 0.1) is 6.07 Å². The fourth-order valence-corrected chi connectivity index (χ4v) is 10.4. The Morgan fingerprint density at radius 2 is 0.984 bits per heavy atom. The molecular weight excluding hydrogens is 887 g/mol. The van der Waals surface area contributed by atoms with Crippen molar-refractivity contribution in [1.82, 2.24) is 0 Å². The third-order valence-electron chi connectivity index (χ3n) is 11.9. The third kappa shape index (κ3) is 11.1. The molecule has 0 atom stereocenters. The Bertz CT molecular complexity index is 2490. The fourth-order valence-electron chi connectivity index (χ4n) is 9.05. The molecule has 2 radical (unpaired) electrons. The number of fused-ring (bicyclic) bond motifs is 5. The molecule has 0 unspecified atom stereocenters. The SMILES string of the molecule is CCCc1cc2c(-c3ccccc3C(C)C)c(CC)ccc2[cH-]1.CCCc1cc2c(-c3ccccc3C(C)C)c(CC)ccc2[cH-]1.[Cl][Zr][Cl].[c-]1cccc2c1[Si]c1ccccc1-2. The van der Waals surface area contributed by atoms with Gasteiger partial charge in [-0.05, 0) is 59.8 Å². The quantitative estimate of drug-likeness (QED) is 0.0947. The largest absolute Gasteiger partial charge is 0.184 e. The van der Waals surface area contributed by atoms with Crippen LogP contribution in [-0.2, 0) is 46.5 Å². The molecule has 0 aromatic heterocycles. The van der Waals surface area contributed by atoms with Crippen LogP contribution in [0.1, 0.15) is 113 Å². The summed E-state index contributed by atoms with van der Waals surface area (Å²) in [4.78, 5) is 0. The summed E-state index contributed by atoms with van der Waals surface area (Å²) in [6.45, 7) is 18.2. The first-order chi connectivity index (χ1) is 30.2. The number of aryl methyl sites for hydroxylation is 4. The summed E-state index contributed by atoms with van der Waals surface area (Å²) in [7, 11) is 10.7. The normalized spacial score (nSPS) is 11.4. The van der Waals surface area contributed by atoms with Gasteiger partial charge < -0.3 is 0 Å². The summed E-state index contributed by atoms with van der Waals surface area (Å²) >= 11 is -0.826. The minimum Gasteiger partial charge on any atom is -0.184 e. The Morgan fingerprint density at radius 3 is 1.44 bits per heavy atom. The first kappa shape index (κ1) is 47.7. The molecule has 0 saturated carbocycles. The minimum absolute atomic E-state index is 0.538. The van der Waals surface area contributed by atoms with Crippen molar-refractivity contribution in [1.29, 1.82) is 0 Å². The molecule has 4 heteroatoms. The van der Waals surface area contributed by atoms with E-state index in [0.717, 1.165) is 22.4 Å². The average molecular weight is 948 g/mol. The molecule has 0 aliphatic carbocycles. The van der Waals surface area contributed by atoms with Crippen LogP contribution in [0.2, 0.25) is 0 Å². The molecule has 0 N–H and O–H groups in total. The van der Waals surface area contributed by atoms with Crippen LogP contribution in [0.15, 0.2) is 140 Å². The van der Waals surface area contributed by atoms with Crippen molar-refractivity contribution in [2.75, 3.05) is 0 Å². The van der Waals surface area contributed by atoms with Crippen molar-refractivity contribution in [3.63, 3.8) is 0 Å². The summed E-state index contributed by atoms with van der Waals surface area (Å²) in [5.41, 5.74) is 17.3. The Labute approximate surface area is 394 Å². The maximum Gasteiger partial charge on any atom is 0.0920 e. The van der Waals surface area contributed by atoms with Crippen LogP contribution in [0.25, 0.3) is 54.9 Å². The predicted octanol–water partition coefficient (Wildman–Crippen LogP) is 16.2. The van der Waals surface area contributed by atoms with Crippen molar-refractivity contribution in [3.8, 4) is 33.4 Å². The molecule has 1 aliphatic heterocycles. The zero-order valence-corrected chi connectivity index (χ0v) is 42.9. The van der Waals surface area contributed by atoms with Crippen molar-refractivity contribution in [2.45, 2.75) is 106 Å². The first-order valence-electron chi connectivity index (χ1n) is 22.6. The van der Waals surface area contributed by atoms with Crippen LogP contribution in [-0.4, -0.2) is 9.52 Å². The van der Waals surface area contributed by atoms with E-state index < -0.39 is 20.8 Å². The average Bonchev–Trinajstić information content (AvgIpc) is 4.01. The fraction of sp³-hybridized carbons (Fsp3) is 0.276. The van der Waals surface area contributed by atoms with Crippen LogP contribution < -0.4 is 10.4 Å². The second-order valence-electron chi connectivity index (χ2n) is 16.8. The van der Waals surface area contributed by atoms with E-state index in [1.54, 1.807) is 0 Å². The summed E-state index contributed by atoms with van der Waals surface area (Å²) in [6.07, 6.45) is 6.89. The van der Waals surface area contributed by atoms with Crippen LogP contribution in [0.5, 0.6) is 0 Å². The van der Waals surface area contributed by atoms with Crippen molar-refractivity contribution in [3.05, 3.63) is 179 Å². The molecule has 0 spiro atoms. The first-order valence-corrected chi connectivity index (χ1v) is 29.9. The van der Waals surface area contributed by atoms with Crippen LogP contribution in [0.3, 0.4) is 0 Å². The number of hydrogen-bond acceptors (Lipinski definition) is 0. The Balaban J connectivity index is 0.000000155. The zero-order chi connectivity index (χ0) is 44.2. The molecule has 0 amide bonds. The topological polar surface area (TPSA) is 0 Å². The Morgan fingerprint density at radius 1 is 0.548 bits per heavy atom. The molecule has 8 aromatic carbocycles. The summed E-state index contributed by atoms with van der Waals surface area (Å²) in [6, 6.07) is 54.9. The van der Waals surface area contributed by atoms with Crippen molar-refractivity contribution in [2.24, 2.45) is 0 Å². The summed E-state index contributed by atoms with van der Waals surface area (Å²) in [5, 5.41) is 8.46. The van der Waals surface area contributed by atoms with E-state index in [1.165, 1.54) is 124 Å². The van der Waals surface area contributed by atoms with E-state index in [1.807, 2.05) is 6.07 Å². The van der Waals surface area contributed by atoms with Gasteiger partial charge in [-0.15, -0.1) is 74.6 Å². The van der Waals surface area contributed by atoms with Gasteiger partial charge in [-0.25, -0.2) is 0 Å². The summed E-state index contributed by atoms with van der Waals surface area (Å²) < 4.78 is 0. The maximum atomic E-state index is 4.93. The molecule has 1 aliphatic rings. The van der Waals surface area contributed by atoms with E-state index in [4.69, 9.17) is 17.0 Å². The minimum atomic E-state index is -0.826. The van der Waals surface area contributed by atoms with Gasteiger partial charge in [0.1, 0.15) is 0 Å². The number of benzene rings is 6. The van der Waals surface area contributed by atoms with Gasteiger partial charge in [0.2, 0.25) is 0 Å². The van der Waals surface area contributed by atoms with E-state index in [2.05, 4.69) is 195 Å². The molecule has 1 heterocycles. The molecule has 9 rings (SSSR count). The van der Waals surface area contributed by atoms with Crippen LogP contribution in [0.4, 0.5) is 0 Å².